The van der Waals surface area contributed by atoms with E-state index in [9.17, 15) is 13.5 Å². The number of nitrogens with one attached hydrogen (secondary N) is 1. The lowest BCUT2D eigenvalue weighted by Crippen LogP contribution is -2.33. The third-order valence-corrected chi connectivity index (χ3v) is 5.53. The molecular weight excluding hydrogens is 410 g/mol. The zero-order chi connectivity index (χ0) is 22.1. The van der Waals surface area contributed by atoms with Gasteiger partial charge in [0.05, 0.1) is 19.1 Å². The van der Waals surface area contributed by atoms with Crippen LogP contribution in [0, 0.1) is 6.92 Å². The second-order valence-electron chi connectivity index (χ2n) is 6.73. The van der Waals surface area contributed by atoms with Gasteiger partial charge in [-0.15, -0.1) is 0 Å². The molecule has 30 heavy (non-hydrogen) atoms. The number of hydrogen-bond acceptors (Lipinski definition) is 8. The summed E-state index contributed by atoms with van der Waals surface area (Å²) in [4.78, 5) is 0.270. The van der Waals surface area contributed by atoms with Crippen molar-refractivity contribution in [2.45, 2.75) is 17.9 Å². The third kappa shape index (κ3) is 7.08. The fourth-order valence-electron chi connectivity index (χ4n) is 2.80. The van der Waals surface area contributed by atoms with Gasteiger partial charge in [-0.2, -0.15) is 0 Å². The van der Waals surface area contributed by atoms with Crippen molar-refractivity contribution >= 4 is 9.84 Å². The number of ether oxygens (including phenoxy) is 4. The first-order chi connectivity index (χ1) is 14.2. The average molecular weight is 440 g/mol. The number of aliphatic hydroxyl groups excluding tert-OH is 1. The third-order valence-electron chi connectivity index (χ3n) is 4.27. The Morgan fingerprint density at radius 1 is 1.00 bits per heavy atom. The summed E-state index contributed by atoms with van der Waals surface area (Å²) in [5.41, 5.74) is 0.606. The molecule has 2 aromatic rings. The average Bonchev–Trinajstić information content (AvgIpc) is 2.70. The maximum absolute atomic E-state index is 11.6. The molecular formula is C21H29NO7S. The van der Waals surface area contributed by atoms with Gasteiger partial charge in [0.2, 0.25) is 0 Å². The molecule has 0 radical (unpaired) electrons. The Morgan fingerprint density at radius 2 is 1.67 bits per heavy atom. The van der Waals surface area contributed by atoms with Gasteiger partial charge in [-0.25, -0.2) is 8.42 Å². The van der Waals surface area contributed by atoms with E-state index in [0.717, 1.165) is 0 Å². The molecule has 1 atom stereocenters. The Morgan fingerprint density at radius 3 is 2.30 bits per heavy atom. The lowest BCUT2D eigenvalue weighted by atomic mass is 10.2. The lowest BCUT2D eigenvalue weighted by Gasteiger charge is -2.15. The van der Waals surface area contributed by atoms with E-state index in [1.807, 2.05) is 0 Å². The van der Waals surface area contributed by atoms with Crippen LogP contribution in [0.2, 0.25) is 0 Å². The molecule has 2 rings (SSSR count). The Balaban J connectivity index is 1.69. The molecule has 166 valence electrons. The molecule has 0 bridgehead atoms. The zero-order valence-corrected chi connectivity index (χ0v) is 18.5. The van der Waals surface area contributed by atoms with Gasteiger partial charge in [0.1, 0.15) is 30.8 Å². The van der Waals surface area contributed by atoms with Crippen molar-refractivity contribution in [2.24, 2.45) is 0 Å². The maximum atomic E-state index is 11.6. The highest BCUT2D eigenvalue weighted by Gasteiger charge is 2.12. The van der Waals surface area contributed by atoms with E-state index in [0.29, 0.717) is 48.3 Å². The highest BCUT2D eigenvalue weighted by atomic mass is 32.2. The van der Waals surface area contributed by atoms with E-state index in [-0.39, 0.29) is 11.5 Å². The van der Waals surface area contributed by atoms with Crippen LogP contribution >= 0.6 is 0 Å². The predicted molar refractivity (Wildman–Crippen MR) is 114 cm³/mol. The van der Waals surface area contributed by atoms with Crippen LogP contribution in [0.1, 0.15) is 5.56 Å². The quantitative estimate of drug-likeness (QED) is 0.483. The number of rotatable bonds is 12. The van der Waals surface area contributed by atoms with Crippen LogP contribution in [0.15, 0.2) is 41.3 Å². The molecule has 0 saturated heterocycles. The maximum Gasteiger partial charge on any atom is 0.175 e. The van der Waals surface area contributed by atoms with Crippen molar-refractivity contribution in [1.29, 1.82) is 0 Å². The van der Waals surface area contributed by atoms with Gasteiger partial charge in [-0.3, -0.25) is 0 Å². The van der Waals surface area contributed by atoms with E-state index in [1.54, 1.807) is 51.5 Å². The van der Waals surface area contributed by atoms with Crippen LogP contribution in [0.25, 0.3) is 0 Å². The SMILES string of the molecule is COc1ccc(OCCNCC(O)COc2ccc(S(C)(=O)=O)c(C)c2)cc1OC. The van der Waals surface area contributed by atoms with Gasteiger partial charge < -0.3 is 29.4 Å². The Kier molecular flexibility index (Phi) is 8.76. The van der Waals surface area contributed by atoms with Gasteiger partial charge >= 0.3 is 0 Å². The number of methoxy groups -OCH3 is 2. The highest BCUT2D eigenvalue weighted by Crippen LogP contribution is 2.30. The molecule has 2 aromatic carbocycles. The highest BCUT2D eigenvalue weighted by molar-refractivity contribution is 7.90. The van der Waals surface area contributed by atoms with E-state index >= 15 is 0 Å². The van der Waals surface area contributed by atoms with Crippen LogP contribution in [0.5, 0.6) is 23.0 Å². The molecule has 1 unspecified atom stereocenters. The van der Waals surface area contributed by atoms with E-state index in [4.69, 9.17) is 18.9 Å². The summed E-state index contributed by atoms with van der Waals surface area (Å²) in [5.74, 6) is 2.39. The summed E-state index contributed by atoms with van der Waals surface area (Å²) in [7, 11) is -0.131. The van der Waals surface area contributed by atoms with Gasteiger partial charge in [0.15, 0.2) is 21.3 Å². The minimum absolute atomic E-state index is 0.0845. The van der Waals surface area contributed by atoms with Crippen LogP contribution in [-0.4, -0.2) is 66.4 Å². The predicted octanol–water partition coefficient (Wildman–Crippen LogP) is 1.82. The van der Waals surface area contributed by atoms with Crippen LogP contribution in [0.3, 0.4) is 0 Å². The van der Waals surface area contributed by atoms with E-state index < -0.39 is 15.9 Å². The van der Waals surface area contributed by atoms with Gasteiger partial charge in [-0.05, 0) is 42.8 Å². The summed E-state index contributed by atoms with van der Waals surface area (Å²) in [6, 6.07) is 10.1. The van der Waals surface area contributed by atoms with Crippen molar-refractivity contribution in [3.05, 3.63) is 42.0 Å². The fraction of sp³-hybridized carbons (Fsp3) is 0.429. The molecule has 2 N–H and O–H groups in total. The molecule has 0 amide bonds. The van der Waals surface area contributed by atoms with Crippen molar-refractivity contribution < 1.29 is 32.5 Å². The molecule has 0 saturated carbocycles. The molecule has 0 aliphatic rings. The van der Waals surface area contributed by atoms with Crippen molar-refractivity contribution in [1.82, 2.24) is 5.32 Å². The van der Waals surface area contributed by atoms with Crippen LogP contribution in [0.4, 0.5) is 0 Å². The molecule has 0 aliphatic heterocycles. The van der Waals surface area contributed by atoms with Crippen LogP contribution in [-0.2, 0) is 9.84 Å². The number of sulfone groups is 1. The van der Waals surface area contributed by atoms with Crippen LogP contribution < -0.4 is 24.3 Å². The summed E-state index contributed by atoms with van der Waals surface area (Å²) in [5, 5.41) is 13.1. The topological polar surface area (TPSA) is 103 Å². The number of benzene rings is 2. The van der Waals surface area contributed by atoms with Crippen molar-refractivity contribution in [3.8, 4) is 23.0 Å². The van der Waals surface area contributed by atoms with Crippen molar-refractivity contribution in [2.75, 3.05) is 46.8 Å². The Labute approximate surface area is 177 Å². The zero-order valence-electron chi connectivity index (χ0n) is 17.7. The molecule has 0 aromatic heterocycles. The minimum Gasteiger partial charge on any atom is -0.493 e. The molecule has 0 spiro atoms. The first kappa shape index (κ1) is 23.8. The number of aliphatic hydroxyl groups is 1. The number of hydrogen-bond donors (Lipinski definition) is 2. The first-order valence-electron chi connectivity index (χ1n) is 9.41. The Bertz CT molecular complexity index is 931. The molecule has 9 heteroatoms. The standard InChI is InChI=1S/C21H29NO7S/c1-15-11-17(6-8-21(15)30(4,24)25)29-14-16(23)13-22-9-10-28-18-5-7-19(26-2)20(12-18)27-3/h5-8,11-12,16,22-23H,9-10,13-14H2,1-4H3. The largest absolute Gasteiger partial charge is 0.493 e. The first-order valence-corrected chi connectivity index (χ1v) is 11.3. The molecule has 0 fully saturated rings. The summed E-state index contributed by atoms with van der Waals surface area (Å²) in [6.07, 6.45) is 0.445. The second-order valence-corrected chi connectivity index (χ2v) is 8.72. The van der Waals surface area contributed by atoms with Gasteiger partial charge in [-0.1, -0.05) is 0 Å². The molecule has 8 nitrogen and oxygen atoms in total. The molecule has 0 aliphatic carbocycles. The number of aryl methyl sites for hydroxylation is 1. The summed E-state index contributed by atoms with van der Waals surface area (Å²) < 4.78 is 44.9. The smallest absolute Gasteiger partial charge is 0.175 e. The fourth-order valence-corrected chi connectivity index (χ4v) is 3.75. The van der Waals surface area contributed by atoms with Gasteiger partial charge in [0, 0.05) is 25.4 Å². The lowest BCUT2D eigenvalue weighted by molar-refractivity contribution is 0.105. The van der Waals surface area contributed by atoms with E-state index in [1.165, 1.54) is 12.3 Å². The second kappa shape index (κ2) is 11.1. The van der Waals surface area contributed by atoms with E-state index in [2.05, 4.69) is 5.32 Å². The summed E-state index contributed by atoms with van der Waals surface area (Å²) in [6.45, 7) is 3.07. The normalized spacial score (nSPS) is 12.3. The minimum atomic E-state index is -3.27. The van der Waals surface area contributed by atoms with Crippen molar-refractivity contribution in [3.63, 3.8) is 0 Å². The van der Waals surface area contributed by atoms with Gasteiger partial charge in [0.25, 0.3) is 0 Å². The Hall–Kier alpha value is -2.49. The monoisotopic (exact) mass is 439 g/mol. The summed E-state index contributed by atoms with van der Waals surface area (Å²) >= 11 is 0. The molecule has 0 heterocycles.